The largest absolute Gasteiger partial charge is 0.0654 e. The lowest BCUT2D eigenvalue weighted by atomic mass is 9.93. The van der Waals surface area contributed by atoms with Gasteiger partial charge in [-0.05, 0) is 11.8 Å². The summed E-state index contributed by atoms with van der Waals surface area (Å²) in [5, 5.41) is 0. The summed E-state index contributed by atoms with van der Waals surface area (Å²) in [6, 6.07) is 0. The summed E-state index contributed by atoms with van der Waals surface area (Å²) in [6.45, 7) is 10.9. The maximum atomic E-state index is 3.93. The average molecular weight is 169 g/mol. The van der Waals surface area contributed by atoms with Crippen molar-refractivity contribution in [3.63, 3.8) is 0 Å². The molecule has 0 aliphatic heterocycles. The molecule has 2 unspecified atom stereocenters. The molecule has 0 fully saturated rings. The minimum atomic E-state index is 0.828. The first-order valence-electron chi connectivity index (χ1n) is 5.49. The predicted octanol–water partition coefficient (Wildman–Crippen LogP) is 4.45. The highest BCUT2D eigenvalue weighted by Gasteiger charge is 2.04. The Morgan fingerprint density at radius 3 is 2.08 bits per heavy atom. The molecule has 0 nitrogen and oxygen atoms in total. The second-order valence-electron chi connectivity index (χ2n) is 4.22. The van der Waals surface area contributed by atoms with Crippen LogP contribution < -0.4 is 0 Å². The molecular weight excluding hydrogens is 144 g/mol. The highest BCUT2D eigenvalue weighted by atomic mass is 14.1. The second kappa shape index (κ2) is 7.64. The van der Waals surface area contributed by atoms with E-state index in [-0.39, 0.29) is 0 Å². The van der Waals surface area contributed by atoms with Crippen LogP contribution in [0.4, 0.5) is 0 Å². The molecule has 0 aromatic rings. The average Bonchev–Trinajstić information content (AvgIpc) is 2.10. The summed E-state index contributed by atoms with van der Waals surface area (Å²) in [5.41, 5.74) is 0. The van der Waals surface area contributed by atoms with Crippen LogP contribution in [0.5, 0.6) is 0 Å². The Morgan fingerprint density at radius 1 is 1.00 bits per heavy atom. The third-order valence-corrected chi connectivity index (χ3v) is 2.70. The zero-order chi connectivity index (χ0) is 9.40. The van der Waals surface area contributed by atoms with Crippen molar-refractivity contribution in [2.75, 3.05) is 0 Å². The maximum Gasteiger partial charge on any atom is -0.0443 e. The molecule has 0 aromatic heterocycles. The van der Waals surface area contributed by atoms with Crippen LogP contribution in [0.25, 0.3) is 0 Å². The molecule has 0 bridgehead atoms. The molecule has 0 aliphatic rings. The van der Waals surface area contributed by atoms with Gasteiger partial charge in [0.1, 0.15) is 0 Å². The Balaban J connectivity index is 3.24. The van der Waals surface area contributed by atoms with E-state index < -0.39 is 0 Å². The molecule has 0 N–H and O–H groups in total. The van der Waals surface area contributed by atoms with Gasteiger partial charge >= 0.3 is 0 Å². The summed E-state index contributed by atoms with van der Waals surface area (Å²) in [5.74, 6) is 1.76. The quantitative estimate of drug-likeness (QED) is 0.528. The summed E-state index contributed by atoms with van der Waals surface area (Å²) >= 11 is 0. The Hall–Kier alpha value is 0. The standard InChI is InChI=1S/C12H25/c1-5-7-8-12(4)10-9-11(3)6-2/h11-12H,2,5-10H2,1,3-4H3. The Bertz CT molecular complexity index is 86.0. The zero-order valence-corrected chi connectivity index (χ0v) is 9.10. The number of hydrogen-bond donors (Lipinski definition) is 0. The first-order chi connectivity index (χ1) is 5.70. The summed E-state index contributed by atoms with van der Waals surface area (Å²) in [6.07, 6.45) is 8.03. The summed E-state index contributed by atoms with van der Waals surface area (Å²) in [4.78, 5) is 0. The van der Waals surface area contributed by atoms with Crippen LogP contribution in [-0.2, 0) is 0 Å². The highest BCUT2D eigenvalue weighted by molar-refractivity contribution is 4.59. The van der Waals surface area contributed by atoms with Gasteiger partial charge in [-0.2, -0.15) is 0 Å². The van der Waals surface area contributed by atoms with Crippen molar-refractivity contribution >= 4 is 0 Å². The van der Waals surface area contributed by atoms with Gasteiger partial charge in [0.2, 0.25) is 0 Å². The fraction of sp³-hybridized carbons (Fsp3) is 0.917. The van der Waals surface area contributed by atoms with Crippen molar-refractivity contribution in [3.05, 3.63) is 6.92 Å². The van der Waals surface area contributed by atoms with Gasteiger partial charge in [0.15, 0.2) is 0 Å². The number of hydrogen-bond acceptors (Lipinski definition) is 0. The molecule has 0 rings (SSSR count). The van der Waals surface area contributed by atoms with Gasteiger partial charge in [0, 0.05) is 0 Å². The fourth-order valence-electron chi connectivity index (χ4n) is 1.41. The summed E-state index contributed by atoms with van der Waals surface area (Å²) in [7, 11) is 0. The van der Waals surface area contributed by atoms with E-state index >= 15 is 0 Å². The molecule has 0 aromatic carbocycles. The van der Waals surface area contributed by atoms with Crippen molar-refractivity contribution in [3.8, 4) is 0 Å². The highest BCUT2D eigenvalue weighted by Crippen LogP contribution is 2.18. The molecule has 0 heterocycles. The van der Waals surface area contributed by atoms with Gasteiger partial charge in [-0.15, -0.1) is 0 Å². The molecule has 1 radical (unpaired) electrons. The topological polar surface area (TPSA) is 0 Å². The molecule has 12 heavy (non-hydrogen) atoms. The van der Waals surface area contributed by atoms with E-state index in [1.165, 1.54) is 32.1 Å². The van der Waals surface area contributed by atoms with Crippen LogP contribution in [0.2, 0.25) is 0 Å². The number of rotatable bonds is 7. The van der Waals surface area contributed by atoms with Gasteiger partial charge in [-0.25, -0.2) is 0 Å². The normalized spacial score (nSPS) is 16.0. The smallest absolute Gasteiger partial charge is 0.0443 e. The maximum absolute atomic E-state index is 3.93. The van der Waals surface area contributed by atoms with E-state index in [1.807, 2.05) is 0 Å². The predicted molar refractivity (Wildman–Crippen MR) is 57.1 cm³/mol. The van der Waals surface area contributed by atoms with Crippen LogP contribution in [0.3, 0.4) is 0 Å². The first-order valence-corrected chi connectivity index (χ1v) is 5.49. The van der Waals surface area contributed by atoms with Crippen LogP contribution in [0, 0.1) is 18.8 Å². The lowest BCUT2D eigenvalue weighted by molar-refractivity contribution is 0.404. The van der Waals surface area contributed by atoms with Gasteiger partial charge in [0.05, 0.1) is 0 Å². The van der Waals surface area contributed by atoms with Crippen molar-refractivity contribution < 1.29 is 0 Å². The molecule has 0 spiro atoms. The van der Waals surface area contributed by atoms with E-state index in [0.29, 0.717) is 0 Å². The minimum Gasteiger partial charge on any atom is -0.0654 e. The molecular formula is C12H25. The van der Waals surface area contributed by atoms with E-state index in [4.69, 9.17) is 0 Å². The molecule has 0 heteroatoms. The Kier molecular flexibility index (Phi) is 7.64. The third kappa shape index (κ3) is 6.69. The van der Waals surface area contributed by atoms with E-state index in [2.05, 4.69) is 27.7 Å². The van der Waals surface area contributed by atoms with Gasteiger partial charge < -0.3 is 0 Å². The fourth-order valence-corrected chi connectivity index (χ4v) is 1.41. The molecule has 0 amide bonds. The summed E-state index contributed by atoms with van der Waals surface area (Å²) < 4.78 is 0. The van der Waals surface area contributed by atoms with E-state index in [0.717, 1.165) is 18.3 Å². The Morgan fingerprint density at radius 2 is 1.58 bits per heavy atom. The van der Waals surface area contributed by atoms with Crippen molar-refractivity contribution in [1.29, 1.82) is 0 Å². The van der Waals surface area contributed by atoms with E-state index in [1.54, 1.807) is 0 Å². The molecule has 0 saturated carbocycles. The molecule has 2 atom stereocenters. The second-order valence-corrected chi connectivity index (χ2v) is 4.22. The van der Waals surface area contributed by atoms with Crippen LogP contribution in [0.1, 0.15) is 59.3 Å². The molecule has 0 saturated heterocycles. The third-order valence-electron chi connectivity index (χ3n) is 2.70. The van der Waals surface area contributed by atoms with Crippen molar-refractivity contribution in [1.82, 2.24) is 0 Å². The lowest BCUT2D eigenvalue weighted by Gasteiger charge is -2.13. The first kappa shape index (κ1) is 12.0. The zero-order valence-electron chi connectivity index (χ0n) is 9.10. The monoisotopic (exact) mass is 169 g/mol. The van der Waals surface area contributed by atoms with Crippen LogP contribution in [0.15, 0.2) is 0 Å². The van der Waals surface area contributed by atoms with E-state index in [9.17, 15) is 0 Å². The van der Waals surface area contributed by atoms with Crippen LogP contribution in [-0.4, -0.2) is 0 Å². The SMILES string of the molecule is [CH2]CC(C)CCC(C)CCCC. The van der Waals surface area contributed by atoms with Crippen molar-refractivity contribution in [2.24, 2.45) is 11.8 Å². The number of unbranched alkanes of at least 4 members (excludes halogenated alkanes) is 1. The van der Waals surface area contributed by atoms with Gasteiger partial charge in [-0.3, -0.25) is 0 Å². The Labute approximate surface area is 78.8 Å². The van der Waals surface area contributed by atoms with Crippen molar-refractivity contribution in [2.45, 2.75) is 59.3 Å². The minimum absolute atomic E-state index is 0.828. The van der Waals surface area contributed by atoms with Gasteiger partial charge in [0.25, 0.3) is 0 Å². The van der Waals surface area contributed by atoms with Gasteiger partial charge in [-0.1, -0.05) is 66.2 Å². The lowest BCUT2D eigenvalue weighted by Crippen LogP contribution is -1.99. The molecule has 73 valence electrons. The van der Waals surface area contributed by atoms with Crippen LogP contribution >= 0.6 is 0 Å². The molecule has 0 aliphatic carbocycles.